The van der Waals surface area contributed by atoms with Gasteiger partial charge < -0.3 is 14.0 Å². The zero-order chi connectivity index (χ0) is 20.9. The Balaban J connectivity index is 1.30. The van der Waals surface area contributed by atoms with Gasteiger partial charge in [-0.2, -0.15) is 0 Å². The Labute approximate surface area is 179 Å². The van der Waals surface area contributed by atoms with Gasteiger partial charge in [-0.1, -0.05) is 30.3 Å². The molecule has 3 aromatic heterocycles. The highest BCUT2D eigenvalue weighted by atomic mass is 16.2. The number of fused-ring (bicyclic) bond motifs is 2. The van der Waals surface area contributed by atoms with Gasteiger partial charge in [0, 0.05) is 18.8 Å². The van der Waals surface area contributed by atoms with Crippen LogP contribution in [0.4, 0.5) is 0 Å². The molecule has 1 amide bonds. The minimum atomic E-state index is -0.0414. The molecule has 1 aromatic carbocycles. The molecule has 8 nitrogen and oxygen atoms in total. The minimum Gasteiger partial charge on any atom is -0.329 e. The topological polar surface area (TPSA) is 81.7 Å². The van der Waals surface area contributed by atoms with Crippen molar-refractivity contribution < 1.29 is 4.79 Å². The Morgan fingerprint density at radius 3 is 2.77 bits per heavy atom. The van der Waals surface area contributed by atoms with Crippen LogP contribution in [0.2, 0.25) is 0 Å². The maximum atomic E-state index is 13.4. The molecule has 8 heteroatoms. The van der Waals surface area contributed by atoms with Crippen molar-refractivity contribution in [2.75, 3.05) is 6.54 Å². The largest absolute Gasteiger partial charge is 0.329 e. The van der Waals surface area contributed by atoms with E-state index in [1.54, 1.807) is 6.20 Å². The smallest absolute Gasteiger partial charge is 0.255 e. The standard InChI is InChI=1S/C23H23N7O/c1-15-26-27-21-13-28(12-19(30(15)21)9-16-5-3-2-4-6-16)23(31)17-10-20-22(24-11-17)29(14-25-20)18-7-8-18/h2-6,10-11,14,18-19H,7-9,12-13H2,1H3/t19-/m1/s1. The van der Waals surface area contributed by atoms with E-state index in [1.165, 1.54) is 18.4 Å². The van der Waals surface area contributed by atoms with Crippen LogP contribution in [0.5, 0.6) is 0 Å². The predicted molar refractivity (Wildman–Crippen MR) is 114 cm³/mol. The maximum absolute atomic E-state index is 13.4. The lowest BCUT2D eigenvalue weighted by molar-refractivity contribution is 0.0672. The van der Waals surface area contributed by atoms with Crippen LogP contribution < -0.4 is 0 Å². The van der Waals surface area contributed by atoms with E-state index in [-0.39, 0.29) is 11.9 Å². The molecule has 0 radical (unpaired) electrons. The third-order valence-corrected chi connectivity index (χ3v) is 6.27. The summed E-state index contributed by atoms with van der Waals surface area (Å²) < 4.78 is 4.29. The Hall–Kier alpha value is -3.55. The summed E-state index contributed by atoms with van der Waals surface area (Å²) in [6.45, 7) is 3.02. The van der Waals surface area contributed by atoms with Gasteiger partial charge in [-0.15, -0.1) is 10.2 Å². The average Bonchev–Trinajstić information content (AvgIpc) is 3.44. The van der Waals surface area contributed by atoms with Crippen LogP contribution in [0.25, 0.3) is 11.2 Å². The highest BCUT2D eigenvalue weighted by molar-refractivity contribution is 5.96. The predicted octanol–water partition coefficient (Wildman–Crippen LogP) is 3.11. The molecule has 1 fully saturated rings. The number of amides is 1. The summed E-state index contributed by atoms with van der Waals surface area (Å²) in [7, 11) is 0. The van der Waals surface area contributed by atoms with E-state index in [1.807, 2.05) is 42.4 Å². The number of carbonyl (C=O) groups is 1. The van der Waals surface area contributed by atoms with Crippen LogP contribution in [-0.2, 0) is 13.0 Å². The number of rotatable bonds is 4. The summed E-state index contributed by atoms with van der Waals surface area (Å²) in [6.07, 6.45) is 6.68. The second kappa shape index (κ2) is 7.01. The number of aryl methyl sites for hydroxylation is 1. The number of hydrogen-bond donors (Lipinski definition) is 0. The van der Waals surface area contributed by atoms with Crippen LogP contribution in [0.1, 0.15) is 52.5 Å². The molecule has 0 spiro atoms. The Morgan fingerprint density at radius 2 is 1.97 bits per heavy atom. The fourth-order valence-corrected chi connectivity index (χ4v) is 4.60. The van der Waals surface area contributed by atoms with Crippen molar-refractivity contribution in [3.8, 4) is 0 Å². The summed E-state index contributed by atoms with van der Waals surface area (Å²) in [5, 5.41) is 8.61. The number of carbonyl (C=O) groups excluding carboxylic acids is 1. The molecular weight excluding hydrogens is 390 g/mol. The lowest BCUT2D eigenvalue weighted by atomic mass is 10.0. The molecule has 1 saturated carbocycles. The zero-order valence-electron chi connectivity index (χ0n) is 17.3. The number of aromatic nitrogens is 6. The molecule has 4 heterocycles. The van der Waals surface area contributed by atoms with Gasteiger partial charge in [0.15, 0.2) is 11.5 Å². The minimum absolute atomic E-state index is 0.0414. The zero-order valence-corrected chi connectivity index (χ0v) is 17.3. The van der Waals surface area contributed by atoms with Gasteiger partial charge in [-0.05, 0) is 37.8 Å². The number of nitrogens with zero attached hydrogens (tertiary/aromatic N) is 7. The van der Waals surface area contributed by atoms with Crippen molar-refractivity contribution >= 4 is 17.1 Å². The summed E-state index contributed by atoms with van der Waals surface area (Å²) in [4.78, 5) is 24.3. The van der Waals surface area contributed by atoms with Crippen LogP contribution in [0.15, 0.2) is 48.9 Å². The number of hydrogen-bond acceptors (Lipinski definition) is 5. The highest BCUT2D eigenvalue weighted by Gasteiger charge is 2.32. The second-order valence-corrected chi connectivity index (χ2v) is 8.51. The molecule has 2 aliphatic rings. The van der Waals surface area contributed by atoms with Crippen molar-refractivity contribution in [2.45, 2.75) is 44.8 Å². The molecular formula is C23H23N7O. The first-order valence-electron chi connectivity index (χ1n) is 10.7. The molecule has 6 rings (SSSR count). The van der Waals surface area contributed by atoms with Crippen molar-refractivity contribution in [1.82, 2.24) is 34.2 Å². The van der Waals surface area contributed by atoms with Crippen LogP contribution in [0, 0.1) is 6.92 Å². The first-order valence-corrected chi connectivity index (χ1v) is 10.7. The van der Waals surface area contributed by atoms with E-state index in [0.717, 1.165) is 29.2 Å². The molecule has 156 valence electrons. The molecule has 0 unspecified atom stereocenters. The van der Waals surface area contributed by atoms with Gasteiger partial charge in [-0.25, -0.2) is 9.97 Å². The van der Waals surface area contributed by atoms with Crippen molar-refractivity contribution in [1.29, 1.82) is 0 Å². The van der Waals surface area contributed by atoms with Gasteiger partial charge in [0.1, 0.15) is 11.3 Å². The van der Waals surface area contributed by atoms with Crippen molar-refractivity contribution in [3.05, 3.63) is 71.7 Å². The third kappa shape index (κ3) is 3.19. The monoisotopic (exact) mass is 413 g/mol. The average molecular weight is 413 g/mol. The van der Waals surface area contributed by atoms with E-state index in [0.29, 0.717) is 24.7 Å². The molecule has 31 heavy (non-hydrogen) atoms. The van der Waals surface area contributed by atoms with Gasteiger partial charge in [-0.3, -0.25) is 4.79 Å². The van der Waals surface area contributed by atoms with Crippen molar-refractivity contribution in [2.24, 2.45) is 0 Å². The van der Waals surface area contributed by atoms with E-state index in [2.05, 4.69) is 41.4 Å². The summed E-state index contributed by atoms with van der Waals surface area (Å²) in [5.74, 6) is 1.67. The van der Waals surface area contributed by atoms with Crippen LogP contribution in [-0.4, -0.2) is 46.7 Å². The van der Waals surface area contributed by atoms with E-state index < -0.39 is 0 Å². The highest BCUT2D eigenvalue weighted by Crippen LogP contribution is 2.36. The van der Waals surface area contributed by atoms with Gasteiger partial charge in [0.2, 0.25) is 0 Å². The van der Waals surface area contributed by atoms with Gasteiger partial charge in [0.05, 0.1) is 24.5 Å². The molecule has 0 N–H and O–H groups in total. The second-order valence-electron chi connectivity index (χ2n) is 8.51. The number of imidazole rings is 1. The van der Waals surface area contributed by atoms with Crippen molar-refractivity contribution in [3.63, 3.8) is 0 Å². The summed E-state index contributed by atoms with van der Waals surface area (Å²) in [5.41, 5.74) is 3.43. The number of benzene rings is 1. The Kier molecular flexibility index (Phi) is 4.12. The van der Waals surface area contributed by atoms with Crippen LogP contribution >= 0.6 is 0 Å². The molecule has 1 aliphatic heterocycles. The third-order valence-electron chi connectivity index (χ3n) is 6.27. The fourth-order valence-electron chi connectivity index (χ4n) is 4.60. The summed E-state index contributed by atoms with van der Waals surface area (Å²) >= 11 is 0. The van der Waals surface area contributed by atoms with Gasteiger partial charge in [0.25, 0.3) is 5.91 Å². The lowest BCUT2D eigenvalue weighted by Gasteiger charge is -2.34. The first-order chi connectivity index (χ1) is 15.2. The number of pyridine rings is 1. The first kappa shape index (κ1) is 18.2. The summed E-state index contributed by atoms with van der Waals surface area (Å²) in [6, 6.07) is 12.8. The Morgan fingerprint density at radius 1 is 1.13 bits per heavy atom. The quantitative estimate of drug-likeness (QED) is 0.513. The lowest BCUT2D eigenvalue weighted by Crippen LogP contribution is -2.42. The molecule has 4 aromatic rings. The normalized spacial score (nSPS) is 18.4. The molecule has 1 aliphatic carbocycles. The van der Waals surface area contributed by atoms with E-state index >= 15 is 0 Å². The molecule has 0 bridgehead atoms. The fraction of sp³-hybridized carbons (Fsp3) is 0.348. The Bertz CT molecular complexity index is 1270. The van der Waals surface area contributed by atoms with E-state index in [4.69, 9.17) is 0 Å². The van der Waals surface area contributed by atoms with Crippen LogP contribution in [0.3, 0.4) is 0 Å². The molecule has 0 saturated heterocycles. The van der Waals surface area contributed by atoms with Gasteiger partial charge >= 0.3 is 0 Å². The SMILES string of the molecule is Cc1nnc2n1[C@H](Cc1ccccc1)CN(C(=O)c1cnc3c(c1)ncn3C1CC1)C2. The maximum Gasteiger partial charge on any atom is 0.255 e. The molecule has 1 atom stereocenters. The van der Waals surface area contributed by atoms with E-state index in [9.17, 15) is 4.79 Å².